The minimum Gasteiger partial charge on any atom is -0.508 e. The van der Waals surface area contributed by atoms with Crippen LogP contribution in [0, 0.1) is 0 Å². The third-order valence-electron chi connectivity index (χ3n) is 6.59. The Labute approximate surface area is 287 Å². The lowest BCUT2D eigenvalue weighted by molar-refractivity contribution is -0.159. The van der Waals surface area contributed by atoms with E-state index in [0.717, 1.165) is 5.56 Å². The normalized spacial score (nSPS) is 13.2. The maximum atomic E-state index is 13.1. The van der Waals surface area contributed by atoms with Gasteiger partial charge in [0.15, 0.2) is 0 Å². The summed E-state index contributed by atoms with van der Waals surface area (Å²) in [6, 6.07) is 3.31. The van der Waals surface area contributed by atoms with Gasteiger partial charge in [-0.25, -0.2) is 14.4 Å². The quantitative estimate of drug-likeness (QED) is 0.0736. The number of carbonyl (C=O) groups excluding carboxylic acids is 4. The van der Waals surface area contributed by atoms with E-state index in [2.05, 4.69) is 21.3 Å². The first-order valence-corrected chi connectivity index (χ1v) is 16.4. The topological polar surface area (TPSA) is 198 Å². The fraction of sp³-hybridized carbons (Fsp3) is 0.600. The summed E-state index contributed by atoms with van der Waals surface area (Å²) in [7, 11) is 0. The zero-order valence-corrected chi connectivity index (χ0v) is 30.0. The maximum absolute atomic E-state index is 13.1. The number of rotatable bonds is 16. The van der Waals surface area contributed by atoms with Gasteiger partial charge in [-0.15, -0.1) is 0 Å². The summed E-state index contributed by atoms with van der Waals surface area (Å²) >= 11 is 0. The number of phenolic OH excluding ortho intramolecular Hbond substituents is 1. The number of amides is 2. The molecule has 5 N–H and O–H groups in total. The number of aromatic hydroxyl groups is 1. The second-order valence-corrected chi connectivity index (χ2v) is 14.8. The number of unbranched alkanes of at least 4 members (excludes halogenated alkanes) is 1. The number of urea groups is 1. The Morgan fingerprint density at radius 3 is 1.63 bits per heavy atom. The molecule has 0 bridgehead atoms. The zero-order valence-electron chi connectivity index (χ0n) is 30.0. The number of benzene rings is 1. The van der Waals surface area contributed by atoms with Gasteiger partial charge in [-0.3, -0.25) is 14.4 Å². The summed E-state index contributed by atoms with van der Waals surface area (Å²) in [5.41, 5.74) is -2.53. The molecule has 0 aliphatic rings. The Kier molecular flexibility index (Phi) is 14.2. The van der Waals surface area contributed by atoms with Crippen LogP contribution in [0.3, 0.4) is 0 Å². The molecule has 2 amide bonds. The van der Waals surface area contributed by atoms with Crippen LogP contribution in [0.15, 0.2) is 33.9 Å². The van der Waals surface area contributed by atoms with Gasteiger partial charge in [-0.05, 0) is 106 Å². The third-order valence-corrected chi connectivity index (χ3v) is 6.59. The highest BCUT2D eigenvalue weighted by atomic mass is 16.6. The van der Waals surface area contributed by atoms with Gasteiger partial charge < -0.3 is 40.6 Å². The van der Waals surface area contributed by atoms with Crippen LogP contribution in [0.4, 0.5) is 16.2 Å². The molecular formula is C35H52N4O10. The smallest absolute Gasteiger partial charge is 0.329 e. The molecule has 0 saturated carbocycles. The monoisotopic (exact) mass is 688 g/mol. The summed E-state index contributed by atoms with van der Waals surface area (Å²) in [5.74, 6) is -1.86. The average molecular weight is 689 g/mol. The van der Waals surface area contributed by atoms with E-state index in [1.807, 2.05) is 0 Å². The lowest BCUT2D eigenvalue weighted by Gasteiger charge is -2.27. The molecule has 0 aliphatic heterocycles. The molecule has 0 fully saturated rings. The van der Waals surface area contributed by atoms with Crippen LogP contribution < -0.4 is 32.1 Å². The molecule has 0 aliphatic carbocycles. The molecular weight excluding hydrogens is 636 g/mol. The molecule has 2 unspecified atom stereocenters. The standard InChI is InChI=1S/C35H52N4O10/c1-33(2,3)47-25(41)18-17-24(31(45)49-35(7,8)9)39-32(46)38-23(30(44)48-34(4,5)6)12-10-11-19-36-26-27(29(43)28(26)42)37-20-21-13-15-22(40)16-14-21/h13-16,23-24,36-37,40H,10-12,17-20H2,1-9H3,(H2,38,39,46). The van der Waals surface area contributed by atoms with Crippen molar-refractivity contribution in [2.45, 2.75) is 130 Å². The molecule has 14 nitrogen and oxygen atoms in total. The molecule has 2 rings (SSSR count). The van der Waals surface area contributed by atoms with E-state index >= 15 is 0 Å². The fourth-order valence-electron chi connectivity index (χ4n) is 4.48. The molecule has 0 radical (unpaired) electrons. The summed E-state index contributed by atoms with van der Waals surface area (Å²) in [6.07, 6.45) is 0.786. The first kappa shape index (κ1) is 40.6. The Hall–Kier alpha value is -4.62. The van der Waals surface area contributed by atoms with Crippen LogP contribution in [0.25, 0.3) is 0 Å². The molecule has 2 aromatic rings. The number of hydrogen-bond acceptors (Lipinski definition) is 12. The van der Waals surface area contributed by atoms with Gasteiger partial charge in [0.1, 0.15) is 46.0 Å². The van der Waals surface area contributed by atoms with Crippen LogP contribution in [-0.2, 0) is 35.1 Å². The molecule has 14 heteroatoms. The summed E-state index contributed by atoms with van der Waals surface area (Å²) in [4.78, 5) is 75.8. The van der Waals surface area contributed by atoms with Crippen molar-refractivity contribution in [3.05, 3.63) is 50.3 Å². The second kappa shape index (κ2) is 17.2. The largest absolute Gasteiger partial charge is 0.508 e. The van der Waals surface area contributed by atoms with Crippen molar-refractivity contribution in [2.75, 3.05) is 17.2 Å². The Morgan fingerprint density at radius 1 is 0.673 bits per heavy atom. The highest BCUT2D eigenvalue weighted by molar-refractivity contribution is 5.87. The average Bonchev–Trinajstić information content (AvgIpc) is 2.95. The first-order valence-electron chi connectivity index (χ1n) is 16.4. The van der Waals surface area contributed by atoms with E-state index in [1.54, 1.807) is 74.4 Å². The van der Waals surface area contributed by atoms with Gasteiger partial charge in [-0.1, -0.05) is 12.1 Å². The number of anilines is 2. The molecule has 2 atom stereocenters. The number of ether oxygens (including phenoxy) is 3. The Balaban J connectivity index is 2.02. The highest BCUT2D eigenvalue weighted by Crippen LogP contribution is 2.18. The van der Waals surface area contributed by atoms with Gasteiger partial charge in [0.05, 0.1) is 0 Å². The van der Waals surface area contributed by atoms with Crippen LogP contribution in [0.5, 0.6) is 5.75 Å². The summed E-state index contributed by atoms with van der Waals surface area (Å²) in [6.45, 7) is 15.8. The fourth-order valence-corrected chi connectivity index (χ4v) is 4.48. The van der Waals surface area contributed by atoms with Crippen molar-refractivity contribution in [1.82, 2.24) is 10.6 Å². The predicted octanol–water partition coefficient (Wildman–Crippen LogP) is 4.02. The van der Waals surface area contributed by atoms with Crippen molar-refractivity contribution < 1.29 is 38.5 Å². The van der Waals surface area contributed by atoms with Crippen LogP contribution in [0.1, 0.15) is 100.0 Å². The van der Waals surface area contributed by atoms with E-state index < -0.39 is 63.7 Å². The lowest BCUT2D eigenvalue weighted by Crippen LogP contribution is -2.53. The van der Waals surface area contributed by atoms with Gasteiger partial charge in [0.2, 0.25) is 0 Å². The minimum absolute atomic E-state index is 0.0944. The van der Waals surface area contributed by atoms with Gasteiger partial charge >= 0.3 is 23.9 Å². The molecule has 2 aromatic carbocycles. The third kappa shape index (κ3) is 15.0. The summed E-state index contributed by atoms with van der Waals surface area (Å²) < 4.78 is 16.3. The van der Waals surface area contributed by atoms with E-state index in [4.69, 9.17) is 14.2 Å². The number of phenols is 1. The van der Waals surface area contributed by atoms with E-state index in [-0.39, 0.29) is 42.9 Å². The van der Waals surface area contributed by atoms with Gasteiger partial charge in [0, 0.05) is 19.5 Å². The van der Waals surface area contributed by atoms with Gasteiger partial charge in [0.25, 0.3) is 10.9 Å². The van der Waals surface area contributed by atoms with Crippen molar-refractivity contribution in [2.24, 2.45) is 0 Å². The van der Waals surface area contributed by atoms with Crippen molar-refractivity contribution >= 4 is 35.3 Å². The van der Waals surface area contributed by atoms with Crippen molar-refractivity contribution in [1.29, 1.82) is 0 Å². The minimum atomic E-state index is -1.21. The Morgan fingerprint density at radius 2 is 1.14 bits per heavy atom. The molecule has 0 heterocycles. The number of hydrogen-bond donors (Lipinski definition) is 5. The molecule has 272 valence electrons. The maximum Gasteiger partial charge on any atom is 0.329 e. The Bertz CT molecular complexity index is 1510. The van der Waals surface area contributed by atoms with Crippen LogP contribution >= 0.6 is 0 Å². The van der Waals surface area contributed by atoms with Crippen LogP contribution in [-0.4, -0.2) is 64.5 Å². The number of carbonyl (C=O) groups is 4. The van der Waals surface area contributed by atoms with Crippen molar-refractivity contribution in [3.8, 4) is 5.75 Å². The lowest BCUT2D eigenvalue weighted by atomic mass is 10.1. The van der Waals surface area contributed by atoms with E-state index in [0.29, 0.717) is 19.4 Å². The zero-order chi connectivity index (χ0) is 37.2. The van der Waals surface area contributed by atoms with Crippen LogP contribution in [0.2, 0.25) is 0 Å². The van der Waals surface area contributed by atoms with Gasteiger partial charge in [-0.2, -0.15) is 0 Å². The first-order chi connectivity index (χ1) is 22.5. The number of esters is 3. The predicted molar refractivity (Wildman–Crippen MR) is 185 cm³/mol. The highest BCUT2D eigenvalue weighted by Gasteiger charge is 2.31. The second-order valence-electron chi connectivity index (χ2n) is 14.8. The van der Waals surface area contributed by atoms with Crippen molar-refractivity contribution in [3.63, 3.8) is 0 Å². The molecule has 49 heavy (non-hydrogen) atoms. The summed E-state index contributed by atoms with van der Waals surface area (Å²) in [5, 5.41) is 20.5. The van der Waals surface area contributed by atoms with E-state index in [1.165, 1.54) is 12.1 Å². The van der Waals surface area contributed by atoms with E-state index in [9.17, 15) is 33.9 Å². The number of nitrogens with one attached hydrogen (secondary N) is 4. The molecule has 0 aromatic heterocycles. The SMILES string of the molecule is CC(C)(C)OC(=O)CCC(NC(=O)NC(CCCCNc1c(NCc2ccc(O)cc2)c(=O)c1=O)C(=O)OC(C)(C)C)C(=O)OC(C)(C)C. The molecule has 0 saturated heterocycles. The molecule has 0 spiro atoms.